The van der Waals surface area contributed by atoms with Crippen molar-refractivity contribution in [1.29, 1.82) is 0 Å². The molecule has 2 unspecified atom stereocenters. The summed E-state index contributed by atoms with van der Waals surface area (Å²) < 4.78 is 23.1. The Bertz CT molecular complexity index is 1370. The van der Waals surface area contributed by atoms with Crippen molar-refractivity contribution < 1.29 is 42.9 Å². The number of carboxylic acid groups (broad SMARTS) is 1. The molecule has 0 aromatic rings. The molecule has 9 heteroatoms. The molecule has 0 spiro atoms. The number of hydrogen-bond acceptors (Lipinski definition) is 7. The number of quaternary nitrogens is 1. The fourth-order valence-electron chi connectivity index (χ4n) is 12.2. The SMILES string of the molecule is CCCCCCCCCCCCCCCCCCCCCCCCCCCCCCCCCCCCC(=O)OC(COC(=O)CCCCCCCCCCCCCCCCCCCCCCCCCCCCC)COC(OCC[N+](C)(C)C)C(=O)O. The molecule has 0 radical (unpaired) electrons. The highest BCUT2D eigenvalue weighted by molar-refractivity contribution is 5.71. The van der Waals surface area contributed by atoms with Gasteiger partial charge in [-0.1, -0.05) is 393 Å². The minimum Gasteiger partial charge on any atom is -0.477 e. The number of carboxylic acids is 1. The topological polar surface area (TPSA) is 108 Å². The second kappa shape index (κ2) is 69.2. The van der Waals surface area contributed by atoms with E-state index in [0.29, 0.717) is 17.4 Å². The van der Waals surface area contributed by atoms with Crippen molar-refractivity contribution in [1.82, 2.24) is 0 Å². The van der Waals surface area contributed by atoms with E-state index in [1.165, 1.54) is 353 Å². The first-order chi connectivity index (χ1) is 42.1. The third kappa shape index (κ3) is 69.8. The summed E-state index contributed by atoms with van der Waals surface area (Å²) in [7, 11) is 6.00. The molecule has 0 aliphatic heterocycles. The standard InChI is InChI=1S/C77H151NO8/c1-6-8-10-12-14-16-18-20-22-24-26-28-30-32-34-35-36-37-38-39-40-42-44-46-48-50-52-54-56-58-60-62-64-66-68-75(80)86-73(72-85-77(76(81)82)83-70-69-78(3,4)5)71-84-74(79)67-65-63-61-59-57-55-53-51-49-47-45-43-41-33-31-29-27-25-23-21-19-17-15-13-11-9-7-2/h73,77H,6-72H2,1-5H3/p+1. The van der Waals surface area contributed by atoms with Gasteiger partial charge in [0.15, 0.2) is 6.10 Å². The lowest BCUT2D eigenvalue weighted by atomic mass is 10.0. The molecule has 86 heavy (non-hydrogen) atoms. The van der Waals surface area contributed by atoms with Crippen LogP contribution in [0.25, 0.3) is 0 Å². The van der Waals surface area contributed by atoms with Crippen LogP contribution in [0.5, 0.6) is 0 Å². The van der Waals surface area contributed by atoms with E-state index in [0.717, 1.165) is 38.5 Å². The highest BCUT2D eigenvalue weighted by atomic mass is 16.7. The Morgan fingerprint density at radius 2 is 0.523 bits per heavy atom. The molecule has 0 heterocycles. The average molecular weight is 1220 g/mol. The van der Waals surface area contributed by atoms with E-state index in [2.05, 4.69) is 13.8 Å². The molecule has 0 aliphatic carbocycles. The molecule has 0 amide bonds. The molecule has 0 fully saturated rings. The molecule has 0 aromatic heterocycles. The van der Waals surface area contributed by atoms with Gasteiger partial charge in [0.25, 0.3) is 6.29 Å². The lowest BCUT2D eigenvalue weighted by Gasteiger charge is -2.25. The number of carbonyl (C=O) groups is 3. The number of ether oxygens (including phenoxy) is 4. The van der Waals surface area contributed by atoms with Crippen LogP contribution in [-0.4, -0.2) is 87.4 Å². The summed E-state index contributed by atoms with van der Waals surface area (Å²) >= 11 is 0. The van der Waals surface area contributed by atoms with Crippen LogP contribution < -0.4 is 0 Å². The first-order valence-corrected chi connectivity index (χ1v) is 38.7. The number of carbonyl (C=O) groups excluding carboxylic acids is 2. The van der Waals surface area contributed by atoms with Gasteiger partial charge in [0.2, 0.25) is 0 Å². The fraction of sp³-hybridized carbons (Fsp3) is 0.961. The quantitative estimate of drug-likeness (QED) is 0.0278. The minimum atomic E-state index is -1.50. The van der Waals surface area contributed by atoms with Gasteiger partial charge in [0, 0.05) is 12.8 Å². The Morgan fingerprint density at radius 3 is 0.744 bits per heavy atom. The zero-order chi connectivity index (χ0) is 62.6. The van der Waals surface area contributed by atoms with Gasteiger partial charge in [-0.15, -0.1) is 0 Å². The Labute approximate surface area is 536 Å². The minimum absolute atomic E-state index is 0.172. The van der Waals surface area contributed by atoms with Crippen LogP contribution >= 0.6 is 0 Å². The molecular weight excluding hydrogens is 1070 g/mol. The lowest BCUT2D eigenvalue weighted by molar-refractivity contribution is -0.870. The molecule has 0 saturated carbocycles. The van der Waals surface area contributed by atoms with Gasteiger partial charge in [-0.3, -0.25) is 9.59 Å². The Kier molecular flexibility index (Phi) is 67.8. The number of nitrogens with zero attached hydrogens (tertiary/aromatic N) is 1. The van der Waals surface area contributed by atoms with E-state index in [1.54, 1.807) is 0 Å². The summed E-state index contributed by atoms with van der Waals surface area (Å²) in [6.45, 7) is 4.98. The number of rotatable bonds is 74. The highest BCUT2D eigenvalue weighted by Gasteiger charge is 2.25. The maximum Gasteiger partial charge on any atom is 0.361 e. The lowest BCUT2D eigenvalue weighted by Crippen LogP contribution is -2.40. The number of likely N-dealkylation sites (N-methyl/N-ethyl adjacent to an activating group) is 1. The third-order valence-electron chi connectivity index (χ3n) is 18.1. The molecule has 2 atom stereocenters. The summed E-state index contributed by atoms with van der Waals surface area (Å²) in [5.74, 6) is -1.96. The smallest absolute Gasteiger partial charge is 0.361 e. The third-order valence-corrected chi connectivity index (χ3v) is 18.1. The monoisotopic (exact) mass is 1220 g/mol. The normalized spacial score (nSPS) is 12.5. The molecule has 0 aliphatic rings. The highest BCUT2D eigenvalue weighted by Crippen LogP contribution is 2.20. The number of hydrogen-bond donors (Lipinski definition) is 1. The zero-order valence-electron chi connectivity index (χ0n) is 58.8. The van der Waals surface area contributed by atoms with Crippen LogP contribution in [0.1, 0.15) is 418 Å². The number of aliphatic carboxylic acids is 1. The molecule has 512 valence electrons. The van der Waals surface area contributed by atoms with Gasteiger partial charge >= 0.3 is 17.9 Å². The van der Waals surface area contributed by atoms with E-state index in [4.69, 9.17) is 18.9 Å². The fourth-order valence-corrected chi connectivity index (χ4v) is 12.2. The Morgan fingerprint density at radius 1 is 0.302 bits per heavy atom. The Hall–Kier alpha value is -1.71. The molecular formula is C77H152NO8+. The second-order valence-electron chi connectivity index (χ2n) is 28.0. The van der Waals surface area contributed by atoms with Crippen LogP contribution in [0.15, 0.2) is 0 Å². The first kappa shape index (κ1) is 84.3. The van der Waals surface area contributed by atoms with Gasteiger partial charge < -0.3 is 28.5 Å². The van der Waals surface area contributed by atoms with Crippen LogP contribution in [0, 0.1) is 0 Å². The van der Waals surface area contributed by atoms with E-state index in [9.17, 15) is 19.5 Å². The van der Waals surface area contributed by atoms with Crippen LogP contribution in [0.4, 0.5) is 0 Å². The van der Waals surface area contributed by atoms with E-state index in [-0.39, 0.29) is 38.2 Å². The average Bonchev–Trinajstić information content (AvgIpc) is 3.64. The van der Waals surface area contributed by atoms with Crippen molar-refractivity contribution >= 4 is 17.9 Å². The molecule has 1 N–H and O–H groups in total. The van der Waals surface area contributed by atoms with Crippen LogP contribution in [0.2, 0.25) is 0 Å². The number of unbranched alkanes of at least 4 members (excludes halogenated alkanes) is 59. The van der Waals surface area contributed by atoms with Crippen molar-refractivity contribution in [3.05, 3.63) is 0 Å². The van der Waals surface area contributed by atoms with Gasteiger partial charge in [0.05, 0.1) is 34.4 Å². The number of esters is 2. The molecule has 9 nitrogen and oxygen atoms in total. The maximum atomic E-state index is 13.0. The largest absolute Gasteiger partial charge is 0.477 e. The Balaban J connectivity index is 3.97. The van der Waals surface area contributed by atoms with Gasteiger partial charge in [-0.2, -0.15) is 0 Å². The summed E-state index contributed by atoms with van der Waals surface area (Å²) in [6.07, 6.45) is 81.1. The zero-order valence-corrected chi connectivity index (χ0v) is 58.8. The molecule has 0 bridgehead atoms. The van der Waals surface area contributed by atoms with E-state index in [1.807, 2.05) is 21.1 Å². The van der Waals surface area contributed by atoms with Crippen molar-refractivity contribution in [2.45, 2.75) is 431 Å². The van der Waals surface area contributed by atoms with Crippen LogP contribution in [-0.2, 0) is 33.3 Å². The molecule has 0 rings (SSSR count). The summed E-state index contributed by atoms with van der Waals surface area (Å²) in [5.41, 5.74) is 0. The predicted octanol–water partition coefficient (Wildman–Crippen LogP) is 24.2. The van der Waals surface area contributed by atoms with Crippen LogP contribution in [0.3, 0.4) is 0 Å². The van der Waals surface area contributed by atoms with E-state index >= 15 is 0 Å². The van der Waals surface area contributed by atoms with Crippen molar-refractivity contribution in [2.24, 2.45) is 0 Å². The summed E-state index contributed by atoms with van der Waals surface area (Å²) in [4.78, 5) is 37.7. The van der Waals surface area contributed by atoms with Crippen molar-refractivity contribution in [2.75, 3.05) is 47.5 Å². The summed E-state index contributed by atoms with van der Waals surface area (Å²) in [5, 5.41) is 9.76. The van der Waals surface area contributed by atoms with E-state index < -0.39 is 18.4 Å². The maximum absolute atomic E-state index is 13.0. The van der Waals surface area contributed by atoms with Crippen molar-refractivity contribution in [3.8, 4) is 0 Å². The first-order valence-electron chi connectivity index (χ1n) is 38.7. The molecule has 0 saturated heterocycles. The molecule has 0 aromatic carbocycles. The predicted molar refractivity (Wildman–Crippen MR) is 369 cm³/mol. The van der Waals surface area contributed by atoms with Gasteiger partial charge in [-0.05, 0) is 12.8 Å². The second-order valence-corrected chi connectivity index (χ2v) is 28.0. The summed E-state index contributed by atoms with van der Waals surface area (Å²) in [6, 6.07) is 0. The van der Waals surface area contributed by atoms with Gasteiger partial charge in [-0.25, -0.2) is 4.79 Å². The van der Waals surface area contributed by atoms with Crippen molar-refractivity contribution in [3.63, 3.8) is 0 Å². The van der Waals surface area contributed by atoms with Gasteiger partial charge in [0.1, 0.15) is 13.2 Å².